The molecule has 5 nitrogen and oxygen atoms in total. The Labute approximate surface area is 120 Å². The molecular formula is C14H18N2O3S. The van der Waals surface area contributed by atoms with Crippen molar-refractivity contribution in [3.63, 3.8) is 0 Å². The molecule has 2 amide bonds. The van der Waals surface area contributed by atoms with Gasteiger partial charge in [-0.2, -0.15) is 0 Å². The number of carbonyl (C=O) groups is 2. The Morgan fingerprint density at radius 2 is 2.00 bits per heavy atom. The molecule has 6 heteroatoms. The van der Waals surface area contributed by atoms with Gasteiger partial charge in [-0.05, 0) is 43.5 Å². The zero-order valence-electron chi connectivity index (χ0n) is 11.3. The van der Waals surface area contributed by atoms with E-state index in [9.17, 15) is 13.8 Å². The molecule has 0 aliphatic carbocycles. The van der Waals surface area contributed by atoms with Crippen molar-refractivity contribution in [2.45, 2.75) is 30.2 Å². The standard InChI is InChI=1S/C14H18N2O3S/c1-20(19)11-7-5-10(6-8-11)13(17)16-12-4-2-3-9-15-14(12)18/h5-8,12H,2-4,9H2,1H3,(H,15,18)(H,16,17)/t12-,20-/m1/s1. The van der Waals surface area contributed by atoms with Crippen LogP contribution in [0.15, 0.2) is 29.2 Å². The molecule has 0 spiro atoms. The second-order valence-electron chi connectivity index (χ2n) is 4.79. The fourth-order valence-electron chi connectivity index (χ4n) is 2.12. The Morgan fingerprint density at radius 1 is 1.30 bits per heavy atom. The molecule has 1 aliphatic heterocycles. The molecule has 1 aromatic rings. The zero-order valence-corrected chi connectivity index (χ0v) is 12.2. The van der Waals surface area contributed by atoms with Crippen molar-refractivity contribution >= 4 is 22.6 Å². The van der Waals surface area contributed by atoms with E-state index in [-0.39, 0.29) is 11.8 Å². The van der Waals surface area contributed by atoms with Gasteiger partial charge in [-0.3, -0.25) is 13.8 Å². The lowest BCUT2D eigenvalue weighted by molar-refractivity contribution is -0.122. The van der Waals surface area contributed by atoms with E-state index in [4.69, 9.17) is 0 Å². The maximum Gasteiger partial charge on any atom is 0.251 e. The topological polar surface area (TPSA) is 75.3 Å². The minimum absolute atomic E-state index is 0.123. The molecule has 1 heterocycles. The lowest BCUT2D eigenvalue weighted by atomic mass is 10.1. The molecule has 2 atom stereocenters. The smallest absolute Gasteiger partial charge is 0.251 e. The summed E-state index contributed by atoms with van der Waals surface area (Å²) in [4.78, 5) is 24.5. The number of carbonyl (C=O) groups excluding carboxylic acids is 2. The van der Waals surface area contributed by atoms with Crippen LogP contribution < -0.4 is 10.6 Å². The molecule has 2 rings (SSSR count). The average Bonchev–Trinajstić information content (AvgIpc) is 2.64. The van der Waals surface area contributed by atoms with Crippen LogP contribution in [0.2, 0.25) is 0 Å². The number of hydrogen-bond acceptors (Lipinski definition) is 3. The van der Waals surface area contributed by atoms with E-state index in [1.807, 2.05) is 0 Å². The summed E-state index contributed by atoms with van der Waals surface area (Å²) in [6.45, 7) is 0.669. The quantitative estimate of drug-likeness (QED) is 0.867. The predicted molar refractivity (Wildman–Crippen MR) is 76.9 cm³/mol. The van der Waals surface area contributed by atoms with Crippen LogP contribution in [0.1, 0.15) is 29.6 Å². The Balaban J connectivity index is 2.03. The molecule has 1 aliphatic rings. The molecule has 20 heavy (non-hydrogen) atoms. The summed E-state index contributed by atoms with van der Waals surface area (Å²) >= 11 is 0. The van der Waals surface area contributed by atoms with Crippen molar-refractivity contribution in [1.82, 2.24) is 10.6 Å². The second-order valence-corrected chi connectivity index (χ2v) is 6.17. The van der Waals surface area contributed by atoms with Crippen molar-refractivity contribution in [3.05, 3.63) is 29.8 Å². The minimum atomic E-state index is -1.06. The van der Waals surface area contributed by atoms with E-state index in [1.165, 1.54) is 0 Å². The highest BCUT2D eigenvalue weighted by molar-refractivity contribution is 7.84. The lowest BCUT2D eigenvalue weighted by Crippen LogP contribution is -2.45. The van der Waals surface area contributed by atoms with Crippen molar-refractivity contribution in [1.29, 1.82) is 0 Å². The number of benzene rings is 1. The summed E-state index contributed by atoms with van der Waals surface area (Å²) in [6.07, 6.45) is 4.10. The van der Waals surface area contributed by atoms with Crippen molar-refractivity contribution in [2.75, 3.05) is 12.8 Å². The van der Waals surface area contributed by atoms with Crippen LogP contribution in [0.3, 0.4) is 0 Å². The Hall–Kier alpha value is -1.69. The summed E-state index contributed by atoms with van der Waals surface area (Å²) in [7, 11) is -1.06. The summed E-state index contributed by atoms with van der Waals surface area (Å²) in [5.74, 6) is -0.400. The monoisotopic (exact) mass is 294 g/mol. The van der Waals surface area contributed by atoms with Crippen molar-refractivity contribution in [2.24, 2.45) is 0 Å². The molecular weight excluding hydrogens is 276 g/mol. The first-order chi connectivity index (χ1) is 9.58. The zero-order chi connectivity index (χ0) is 14.5. The maximum absolute atomic E-state index is 12.1. The van der Waals surface area contributed by atoms with E-state index >= 15 is 0 Å². The van der Waals surface area contributed by atoms with Gasteiger partial charge >= 0.3 is 0 Å². The molecule has 0 radical (unpaired) electrons. The fraction of sp³-hybridized carbons (Fsp3) is 0.429. The van der Waals surface area contributed by atoms with Crippen molar-refractivity contribution in [3.8, 4) is 0 Å². The third-order valence-electron chi connectivity index (χ3n) is 3.29. The minimum Gasteiger partial charge on any atom is -0.354 e. The van der Waals surface area contributed by atoms with E-state index < -0.39 is 16.8 Å². The molecule has 2 N–H and O–H groups in total. The van der Waals surface area contributed by atoms with Gasteiger partial charge in [-0.1, -0.05) is 0 Å². The third kappa shape index (κ3) is 3.66. The van der Waals surface area contributed by atoms with E-state index in [0.29, 0.717) is 23.4 Å². The Kier molecular flexibility index (Phi) is 4.89. The van der Waals surface area contributed by atoms with Gasteiger partial charge in [-0.15, -0.1) is 0 Å². The van der Waals surface area contributed by atoms with Crippen LogP contribution in [-0.2, 0) is 15.6 Å². The van der Waals surface area contributed by atoms with Crippen LogP contribution in [0.5, 0.6) is 0 Å². The summed E-state index contributed by atoms with van der Waals surface area (Å²) in [6, 6.07) is 6.11. The SMILES string of the molecule is C[S@@](=O)c1ccc(C(=O)N[C@@H]2CCCCNC2=O)cc1. The predicted octanol–water partition coefficient (Wildman–Crippen LogP) is 0.822. The van der Waals surface area contributed by atoms with Gasteiger partial charge in [0.2, 0.25) is 5.91 Å². The summed E-state index contributed by atoms with van der Waals surface area (Å²) < 4.78 is 11.3. The van der Waals surface area contributed by atoms with Crippen LogP contribution in [0.25, 0.3) is 0 Å². The van der Waals surface area contributed by atoms with E-state index in [2.05, 4.69) is 10.6 Å². The van der Waals surface area contributed by atoms with Gasteiger partial charge in [0.25, 0.3) is 5.91 Å². The third-order valence-corrected chi connectivity index (χ3v) is 4.23. The van der Waals surface area contributed by atoms with Crippen LogP contribution in [-0.4, -0.2) is 34.9 Å². The fourth-order valence-corrected chi connectivity index (χ4v) is 2.64. The number of hydrogen-bond donors (Lipinski definition) is 2. The van der Waals surface area contributed by atoms with Gasteiger partial charge in [0.1, 0.15) is 6.04 Å². The maximum atomic E-state index is 12.1. The largest absolute Gasteiger partial charge is 0.354 e. The van der Waals surface area contributed by atoms with Crippen LogP contribution >= 0.6 is 0 Å². The normalized spacial score (nSPS) is 20.6. The molecule has 0 aromatic heterocycles. The van der Waals surface area contributed by atoms with E-state index in [0.717, 1.165) is 12.8 Å². The Morgan fingerprint density at radius 3 is 2.65 bits per heavy atom. The number of amides is 2. The molecule has 0 saturated carbocycles. The lowest BCUT2D eigenvalue weighted by Gasteiger charge is -2.15. The first-order valence-corrected chi connectivity index (χ1v) is 8.16. The molecule has 108 valence electrons. The molecule has 0 unspecified atom stereocenters. The first kappa shape index (κ1) is 14.7. The highest BCUT2D eigenvalue weighted by atomic mass is 32.2. The van der Waals surface area contributed by atoms with Gasteiger partial charge < -0.3 is 10.6 Å². The molecule has 1 aromatic carbocycles. The first-order valence-electron chi connectivity index (χ1n) is 6.60. The van der Waals surface area contributed by atoms with Gasteiger partial charge in [-0.25, -0.2) is 0 Å². The molecule has 1 saturated heterocycles. The van der Waals surface area contributed by atoms with Crippen LogP contribution in [0.4, 0.5) is 0 Å². The summed E-state index contributed by atoms with van der Waals surface area (Å²) in [5.41, 5.74) is 0.469. The average molecular weight is 294 g/mol. The van der Waals surface area contributed by atoms with E-state index in [1.54, 1.807) is 30.5 Å². The molecule has 1 fully saturated rings. The van der Waals surface area contributed by atoms with Gasteiger partial charge in [0, 0.05) is 34.1 Å². The van der Waals surface area contributed by atoms with Crippen LogP contribution in [0, 0.1) is 0 Å². The van der Waals surface area contributed by atoms with Gasteiger partial charge in [0.15, 0.2) is 0 Å². The van der Waals surface area contributed by atoms with Crippen molar-refractivity contribution < 1.29 is 13.8 Å². The second kappa shape index (κ2) is 6.65. The highest BCUT2D eigenvalue weighted by Gasteiger charge is 2.22. The summed E-state index contributed by atoms with van der Waals surface area (Å²) in [5, 5.41) is 5.53. The van der Waals surface area contributed by atoms with Gasteiger partial charge in [0.05, 0.1) is 0 Å². The molecule has 0 bridgehead atoms. The Bertz CT molecular complexity index is 528. The number of nitrogens with one attached hydrogen (secondary N) is 2. The highest BCUT2D eigenvalue weighted by Crippen LogP contribution is 2.10. The number of rotatable bonds is 3.